The molecule has 1 aliphatic rings. The van der Waals surface area contributed by atoms with Crippen LogP contribution in [0.3, 0.4) is 0 Å². The van der Waals surface area contributed by atoms with Gasteiger partial charge in [0.1, 0.15) is 23.2 Å². The van der Waals surface area contributed by atoms with Gasteiger partial charge in [-0.15, -0.1) is 0 Å². The quantitative estimate of drug-likeness (QED) is 0.495. The van der Waals surface area contributed by atoms with Gasteiger partial charge in [0.25, 0.3) is 11.1 Å². The van der Waals surface area contributed by atoms with Crippen molar-refractivity contribution in [1.29, 1.82) is 0 Å². The van der Waals surface area contributed by atoms with Crippen LogP contribution in [0.5, 0.6) is 0 Å². The lowest BCUT2D eigenvalue weighted by Gasteiger charge is -2.32. The number of pyridine rings is 2. The van der Waals surface area contributed by atoms with Crippen LogP contribution in [0.4, 0.5) is 0 Å². The molecule has 170 valence electrons. The smallest absolute Gasteiger partial charge is 0.264 e. The number of carbonyl (C=O) groups excluding carboxylic acids is 1. The highest BCUT2D eigenvalue weighted by Crippen LogP contribution is 2.35. The van der Waals surface area contributed by atoms with Crippen molar-refractivity contribution in [2.24, 2.45) is 0 Å². The molecule has 1 fully saturated rings. The Morgan fingerprint density at radius 2 is 2.03 bits per heavy atom. The zero-order valence-electron chi connectivity index (χ0n) is 18.1. The van der Waals surface area contributed by atoms with Crippen LogP contribution < -0.4 is 16.4 Å². The number of aromatic nitrogens is 3. The van der Waals surface area contributed by atoms with E-state index in [9.17, 15) is 14.4 Å². The van der Waals surface area contributed by atoms with Crippen LogP contribution in [-0.4, -0.2) is 26.2 Å². The van der Waals surface area contributed by atoms with Crippen LogP contribution in [-0.2, 0) is 11.3 Å². The van der Waals surface area contributed by atoms with E-state index in [1.54, 1.807) is 35.9 Å². The second-order valence-corrected chi connectivity index (χ2v) is 8.93. The number of nitrogens with one attached hydrogen (secondary N) is 1. The van der Waals surface area contributed by atoms with Crippen LogP contribution in [0.25, 0.3) is 21.8 Å². The van der Waals surface area contributed by atoms with E-state index >= 15 is 0 Å². The Balaban J connectivity index is 1.47. The molecule has 9 heteroatoms. The zero-order valence-corrected chi connectivity index (χ0v) is 18.8. The molecule has 0 spiro atoms. The Labute approximate surface area is 193 Å². The first-order valence-corrected chi connectivity index (χ1v) is 11.4. The van der Waals surface area contributed by atoms with Crippen molar-refractivity contribution in [2.45, 2.75) is 51.2 Å². The average Bonchev–Trinajstić information content (AvgIpc) is 3.17. The molecule has 1 aliphatic carbocycles. The second kappa shape index (κ2) is 8.51. The summed E-state index contributed by atoms with van der Waals surface area (Å²) in [4.78, 5) is 38.1. The van der Waals surface area contributed by atoms with Crippen molar-refractivity contribution in [3.63, 3.8) is 0 Å². The summed E-state index contributed by atoms with van der Waals surface area (Å²) >= 11 is 6.51. The molecule has 1 aromatic carbocycles. The third-order valence-corrected chi connectivity index (χ3v) is 6.69. The molecule has 0 radical (unpaired) electrons. The second-order valence-electron chi connectivity index (χ2n) is 8.52. The van der Waals surface area contributed by atoms with Crippen molar-refractivity contribution in [1.82, 2.24) is 19.6 Å². The van der Waals surface area contributed by atoms with Crippen LogP contribution in [0.2, 0.25) is 5.02 Å². The standard InChI is InChI=1S/C24H23ClN4O4/c1-14-21-23(27-33-14)22-17(25)8-5-9-18(22)29(24(21)32)16-7-4-6-15(12-16)26-19(30)13-28-11-3-2-10-20(28)31/h2-3,5,8-11,15-16H,4,6-7,12-13H2,1H3,(H,26,30). The maximum atomic E-state index is 13.5. The maximum Gasteiger partial charge on any atom is 0.264 e. The predicted molar refractivity (Wildman–Crippen MR) is 126 cm³/mol. The number of nitrogens with zero attached hydrogens (tertiary/aromatic N) is 3. The van der Waals surface area contributed by atoms with E-state index in [4.69, 9.17) is 16.1 Å². The lowest BCUT2D eigenvalue weighted by atomic mass is 9.90. The lowest BCUT2D eigenvalue weighted by Crippen LogP contribution is -2.42. The minimum Gasteiger partial charge on any atom is -0.360 e. The fraction of sp³-hybridized carbons (Fsp3) is 0.333. The van der Waals surface area contributed by atoms with Gasteiger partial charge in [0.05, 0.1) is 10.5 Å². The van der Waals surface area contributed by atoms with Gasteiger partial charge in [-0.05, 0) is 50.8 Å². The predicted octanol–water partition coefficient (Wildman–Crippen LogP) is 3.57. The Kier molecular flexibility index (Phi) is 5.54. The SMILES string of the molecule is Cc1onc2c1c(=O)n(C1CCCC(NC(=O)Cn3ccccc3=O)C1)c1cccc(Cl)c21. The Morgan fingerprint density at radius 1 is 1.18 bits per heavy atom. The van der Waals surface area contributed by atoms with Crippen molar-refractivity contribution >= 4 is 39.3 Å². The number of hydrogen-bond acceptors (Lipinski definition) is 5. The number of hydrogen-bond donors (Lipinski definition) is 1. The molecule has 0 bridgehead atoms. The number of amides is 1. The Morgan fingerprint density at radius 3 is 2.85 bits per heavy atom. The van der Waals surface area contributed by atoms with Gasteiger partial charge in [-0.3, -0.25) is 14.4 Å². The van der Waals surface area contributed by atoms with Crippen molar-refractivity contribution in [2.75, 3.05) is 0 Å². The van der Waals surface area contributed by atoms with Crippen LogP contribution in [0.1, 0.15) is 37.5 Å². The summed E-state index contributed by atoms with van der Waals surface area (Å²) in [5.41, 5.74) is 0.803. The van der Waals surface area contributed by atoms with E-state index < -0.39 is 0 Å². The fourth-order valence-corrected chi connectivity index (χ4v) is 5.14. The van der Waals surface area contributed by atoms with Gasteiger partial charge >= 0.3 is 0 Å². The van der Waals surface area contributed by atoms with Gasteiger partial charge in [0.15, 0.2) is 0 Å². The molecule has 1 N–H and O–H groups in total. The summed E-state index contributed by atoms with van der Waals surface area (Å²) in [7, 11) is 0. The largest absolute Gasteiger partial charge is 0.360 e. The molecule has 3 aromatic heterocycles. The highest BCUT2D eigenvalue weighted by molar-refractivity contribution is 6.37. The molecule has 2 unspecified atom stereocenters. The number of aryl methyl sites for hydroxylation is 1. The molecule has 3 heterocycles. The minimum atomic E-state index is -0.223. The highest BCUT2D eigenvalue weighted by Gasteiger charge is 2.28. The van der Waals surface area contributed by atoms with Crippen LogP contribution in [0.15, 0.2) is 56.7 Å². The van der Waals surface area contributed by atoms with Crippen LogP contribution in [0, 0.1) is 6.92 Å². The van der Waals surface area contributed by atoms with Gasteiger partial charge in [0, 0.05) is 29.7 Å². The molecule has 5 rings (SSSR count). The molecule has 2 atom stereocenters. The van der Waals surface area contributed by atoms with Crippen molar-refractivity contribution in [3.8, 4) is 0 Å². The number of halogens is 1. The van der Waals surface area contributed by atoms with E-state index in [-0.39, 0.29) is 35.7 Å². The average molecular weight is 467 g/mol. The number of fused-ring (bicyclic) bond motifs is 3. The van der Waals surface area contributed by atoms with E-state index in [2.05, 4.69) is 10.5 Å². The summed E-state index contributed by atoms with van der Waals surface area (Å²) in [6.07, 6.45) is 4.68. The molecule has 1 saturated carbocycles. The molecule has 0 saturated heterocycles. The summed E-state index contributed by atoms with van der Waals surface area (Å²) in [5, 5.41) is 8.78. The van der Waals surface area contributed by atoms with Gasteiger partial charge in [0.2, 0.25) is 5.91 Å². The summed E-state index contributed by atoms with van der Waals surface area (Å²) in [6.45, 7) is 1.68. The van der Waals surface area contributed by atoms with Gasteiger partial charge in [-0.1, -0.05) is 28.9 Å². The van der Waals surface area contributed by atoms with E-state index in [0.717, 1.165) is 19.3 Å². The Hall–Kier alpha value is -3.39. The van der Waals surface area contributed by atoms with Crippen molar-refractivity contribution in [3.05, 3.63) is 74.1 Å². The highest BCUT2D eigenvalue weighted by atomic mass is 35.5. The summed E-state index contributed by atoms with van der Waals surface area (Å²) in [6, 6.07) is 10.0. The lowest BCUT2D eigenvalue weighted by molar-refractivity contribution is -0.122. The molecule has 0 aliphatic heterocycles. The fourth-order valence-electron chi connectivity index (χ4n) is 4.88. The van der Waals surface area contributed by atoms with Crippen LogP contribution >= 0.6 is 11.6 Å². The molecular weight excluding hydrogens is 444 g/mol. The minimum absolute atomic E-state index is 0.0365. The summed E-state index contributed by atoms with van der Waals surface area (Å²) < 4.78 is 8.49. The third kappa shape index (κ3) is 3.84. The molecule has 4 aromatic rings. The zero-order chi connectivity index (χ0) is 23.1. The van der Waals surface area contributed by atoms with Gasteiger partial charge in [-0.25, -0.2) is 0 Å². The van der Waals surface area contributed by atoms with E-state index in [0.29, 0.717) is 39.0 Å². The monoisotopic (exact) mass is 466 g/mol. The first-order chi connectivity index (χ1) is 15.9. The molecule has 8 nitrogen and oxygen atoms in total. The van der Waals surface area contributed by atoms with Gasteiger partial charge in [-0.2, -0.15) is 0 Å². The van der Waals surface area contributed by atoms with E-state index in [1.807, 2.05) is 12.1 Å². The normalized spacial score (nSPS) is 18.6. The number of rotatable bonds is 4. The molecule has 33 heavy (non-hydrogen) atoms. The third-order valence-electron chi connectivity index (χ3n) is 6.37. The maximum absolute atomic E-state index is 13.5. The molecule has 1 amide bonds. The molecular formula is C24H23ClN4O4. The van der Waals surface area contributed by atoms with Crippen molar-refractivity contribution < 1.29 is 9.32 Å². The topological polar surface area (TPSA) is 99.1 Å². The summed E-state index contributed by atoms with van der Waals surface area (Å²) in [5.74, 6) is 0.235. The number of benzene rings is 1. The Bertz CT molecular complexity index is 1490. The number of carbonyl (C=O) groups is 1. The van der Waals surface area contributed by atoms with E-state index in [1.165, 1.54) is 10.6 Å². The first-order valence-electron chi connectivity index (χ1n) is 11.0. The first kappa shape index (κ1) is 21.5. The van der Waals surface area contributed by atoms with Gasteiger partial charge < -0.3 is 19.0 Å².